The molecule has 2 aromatic heterocycles. The minimum atomic E-state index is -0.0408. The van der Waals surface area contributed by atoms with E-state index in [2.05, 4.69) is 25.1 Å². The summed E-state index contributed by atoms with van der Waals surface area (Å²) in [7, 11) is 0. The molecule has 0 spiro atoms. The van der Waals surface area contributed by atoms with Crippen LogP contribution < -0.4 is 10.2 Å². The first-order chi connectivity index (χ1) is 13.3. The molecule has 0 radical (unpaired) electrons. The number of nitrogens with zero attached hydrogens (tertiary/aromatic N) is 5. The molecule has 2 fully saturated rings. The van der Waals surface area contributed by atoms with Gasteiger partial charge in [-0.2, -0.15) is 0 Å². The monoisotopic (exact) mass is 366 g/mol. The number of pyridine rings is 2. The van der Waals surface area contributed by atoms with Gasteiger partial charge in [0, 0.05) is 58.2 Å². The Hall–Kier alpha value is -2.67. The van der Waals surface area contributed by atoms with E-state index in [0.29, 0.717) is 0 Å². The molecule has 0 saturated carbocycles. The molecule has 2 saturated heterocycles. The van der Waals surface area contributed by atoms with Crippen LogP contribution in [0.15, 0.2) is 42.7 Å². The number of nitrogens with one attached hydrogen (secondary N) is 1. The van der Waals surface area contributed by atoms with E-state index in [1.165, 1.54) is 12.8 Å². The number of anilines is 2. The summed E-state index contributed by atoms with van der Waals surface area (Å²) in [6, 6.07) is 9.76. The number of rotatable bonds is 4. The van der Waals surface area contributed by atoms with Gasteiger partial charge in [0.25, 0.3) is 0 Å². The van der Waals surface area contributed by atoms with Gasteiger partial charge in [-0.15, -0.1) is 0 Å². The third kappa shape index (κ3) is 4.36. The zero-order chi connectivity index (χ0) is 18.5. The van der Waals surface area contributed by atoms with Crippen molar-refractivity contribution < 1.29 is 4.79 Å². The van der Waals surface area contributed by atoms with Crippen LogP contribution in [0.3, 0.4) is 0 Å². The number of hydrogen-bond donors (Lipinski definition) is 1. The van der Waals surface area contributed by atoms with Gasteiger partial charge in [-0.05, 0) is 37.1 Å². The first-order valence-corrected chi connectivity index (χ1v) is 9.68. The maximum absolute atomic E-state index is 12.7. The highest BCUT2D eigenvalue weighted by Crippen LogP contribution is 2.26. The summed E-state index contributed by atoms with van der Waals surface area (Å²) in [6.45, 7) is 6.00. The van der Waals surface area contributed by atoms with Crippen molar-refractivity contribution in [1.29, 1.82) is 0 Å². The summed E-state index contributed by atoms with van der Waals surface area (Å²) < 4.78 is 0. The van der Waals surface area contributed by atoms with Crippen molar-refractivity contribution in [1.82, 2.24) is 19.8 Å². The fraction of sp³-hybridized carbons (Fsp3) is 0.450. The lowest BCUT2D eigenvalue weighted by molar-refractivity contribution is 0.142. The number of amides is 2. The van der Waals surface area contributed by atoms with Crippen molar-refractivity contribution in [2.24, 2.45) is 0 Å². The maximum atomic E-state index is 12.7. The van der Waals surface area contributed by atoms with E-state index in [4.69, 9.17) is 0 Å². The van der Waals surface area contributed by atoms with Gasteiger partial charge >= 0.3 is 6.03 Å². The largest absolute Gasteiger partial charge is 0.355 e. The molecule has 0 aliphatic carbocycles. The molecular formula is C20H26N6O. The number of aromatic nitrogens is 2. The molecular weight excluding hydrogens is 340 g/mol. The third-order valence-corrected chi connectivity index (χ3v) is 5.21. The number of hydrogen-bond acceptors (Lipinski definition) is 5. The van der Waals surface area contributed by atoms with Crippen LogP contribution in [0.4, 0.5) is 16.3 Å². The number of urea groups is 1. The topological polar surface area (TPSA) is 64.6 Å². The molecule has 2 amide bonds. The highest BCUT2D eigenvalue weighted by atomic mass is 16.2. The molecule has 4 rings (SSSR count). The van der Waals surface area contributed by atoms with Crippen LogP contribution in [0.1, 0.15) is 18.5 Å². The Bertz CT molecular complexity index is 754. The molecule has 4 heterocycles. The number of carbonyl (C=O) groups is 1. The van der Waals surface area contributed by atoms with Gasteiger partial charge in [-0.1, -0.05) is 6.07 Å². The van der Waals surface area contributed by atoms with Gasteiger partial charge in [0.05, 0.1) is 11.4 Å². The number of carbonyl (C=O) groups excluding carboxylic acids is 1. The average Bonchev–Trinajstić information content (AvgIpc) is 3.24. The normalized spacial score (nSPS) is 17.9. The Morgan fingerprint density at radius 2 is 1.70 bits per heavy atom. The van der Waals surface area contributed by atoms with Crippen molar-refractivity contribution >= 4 is 17.5 Å². The second-order valence-electron chi connectivity index (χ2n) is 7.08. The Labute approximate surface area is 160 Å². The van der Waals surface area contributed by atoms with Gasteiger partial charge < -0.3 is 15.1 Å². The standard InChI is InChI=1S/C20H26N6O/c27-20(23-18-7-5-9-22-19(18)25-10-3-4-11-25)26-14-12-24(13-15-26)16-17-6-1-2-8-21-17/h1-2,5-9H,3-4,10-16H2,(H,23,27). The lowest BCUT2D eigenvalue weighted by Crippen LogP contribution is -2.49. The lowest BCUT2D eigenvalue weighted by atomic mass is 10.2. The van der Waals surface area contributed by atoms with Crippen LogP contribution in [0.2, 0.25) is 0 Å². The highest BCUT2D eigenvalue weighted by molar-refractivity contribution is 5.92. The van der Waals surface area contributed by atoms with Crippen LogP contribution in [-0.2, 0) is 6.54 Å². The fourth-order valence-corrected chi connectivity index (χ4v) is 3.70. The molecule has 0 unspecified atom stereocenters. The van der Waals surface area contributed by atoms with Crippen molar-refractivity contribution in [2.75, 3.05) is 49.5 Å². The van der Waals surface area contributed by atoms with Crippen LogP contribution >= 0.6 is 0 Å². The Balaban J connectivity index is 1.32. The van der Waals surface area contributed by atoms with E-state index in [1.54, 1.807) is 6.20 Å². The highest BCUT2D eigenvalue weighted by Gasteiger charge is 2.23. The summed E-state index contributed by atoms with van der Waals surface area (Å²) in [6.07, 6.45) is 5.98. The predicted octanol–water partition coefficient (Wildman–Crippen LogP) is 2.43. The van der Waals surface area contributed by atoms with Crippen molar-refractivity contribution in [3.05, 3.63) is 48.4 Å². The summed E-state index contributed by atoms with van der Waals surface area (Å²) in [5.74, 6) is 0.886. The fourth-order valence-electron chi connectivity index (χ4n) is 3.70. The first-order valence-electron chi connectivity index (χ1n) is 9.68. The zero-order valence-electron chi connectivity index (χ0n) is 15.5. The van der Waals surface area contributed by atoms with Gasteiger partial charge in [-0.3, -0.25) is 9.88 Å². The predicted molar refractivity (Wildman–Crippen MR) is 106 cm³/mol. The van der Waals surface area contributed by atoms with Crippen LogP contribution in [0.25, 0.3) is 0 Å². The molecule has 142 valence electrons. The van der Waals surface area contributed by atoms with E-state index >= 15 is 0 Å². The van der Waals surface area contributed by atoms with Gasteiger partial charge in [0.2, 0.25) is 0 Å². The molecule has 2 aliphatic heterocycles. The van der Waals surface area contributed by atoms with Crippen LogP contribution in [0, 0.1) is 0 Å². The second kappa shape index (κ2) is 8.35. The summed E-state index contributed by atoms with van der Waals surface area (Å²) in [4.78, 5) is 28.1. The molecule has 7 heteroatoms. The second-order valence-corrected chi connectivity index (χ2v) is 7.08. The summed E-state index contributed by atoms with van der Waals surface area (Å²) >= 11 is 0. The molecule has 27 heavy (non-hydrogen) atoms. The smallest absolute Gasteiger partial charge is 0.322 e. The van der Waals surface area contributed by atoms with E-state index in [0.717, 1.165) is 63.0 Å². The van der Waals surface area contributed by atoms with Crippen molar-refractivity contribution in [3.8, 4) is 0 Å². The van der Waals surface area contributed by atoms with Gasteiger partial charge in [0.1, 0.15) is 0 Å². The SMILES string of the molecule is O=C(Nc1cccnc1N1CCCC1)N1CCN(Cc2ccccn2)CC1. The minimum absolute atomic E-state index is 0.0408. The molecule has 0 aromatic carbocycles. The van der Waals surface area contributed by atoms with Crippen molar-refractivity contribution in [2.45, 2.75) is 19.4 Å². The summed E-state index contributed by atoms with van der Waals surface area (Å²) in [5, 5.41) is 3.07. The Morgan fingerprint density at radius 1 is 0.926 bits per heavy atom. The van der Waals surface area contributed by atoms with Crippen LogP contribution in [0.5, 0.6) is 0 Å². The first kappa shape index (κ1) is 17.7. The Kier molecular flexibility index (Phi) is 5.48. The molecule has 0 bridgehead atoms. The van der Waals surface area contributed by atoms with Crippen LogP contribution in [-0.4, -0.2) is 65.1 Å². The molecule has 7 nitrogen and oxygen atoms in total. The van der Waals surface area contributed by atoms with Crippen molar-refractivity contribution in [3.63, 3.8) is 0 Å². The third-order valence-electron chi connectivity index (χ3n) is 5.21. The molecule has 0 atom stereocenters. The minimum Gasteiger partial charge on any atom is -0.355 e. The van der Waals surface area contributed by atoms with Gasteiger partial charge in [-0.25, -0.2) is 9.78 Å². The van der Waals surface area contributed by atoms with E-state index in [1.807, 2.05) is 41.4 Å². The average molecular weight is 366 g/mol. The molecule has 1 N–H and O–H groups in total. The van der Waals surface area contributed by atoms with E-state index in [9.17, 15) is 4.79 Å². The maximum Gasteiger partial charge on any atom is 0.322 e. The summed E-state index contributed by atoms with van der Waals surface area (Å²) in [5.41, 5.74) is 1.88. The lowest BCUT2D eigenvalue weighted by Gasteiger charge is -2.34. The zero-order valence-corrected chi connectivity index (χ0v) is 15.5. The van der Waals surface area contributed by atoms with E-state index in [-0.39, 0.29) is 6.03 Å². The molecule has 2 aliphatic rings. The van der Waals surface area contributed by atoms with Gasteiger partial charge in [0.15, 0.2) is 5.82 Å². The Morgan fingerprint density at radius 3 is 2.44 bits per heavy atom. The number of piperazine rings is 1. The molecule has 2 aromatic rings. The van der Waals surface area contributed by atoms with E-state index < -0.39 is 0 Å². The quantitative estimate of drug-likeness (QED) is 0.900.